The fraction of sp³-hybridized carbons (Fsp3) is 0.375. The number of nitrogens with one attached hydrogen (secondary N) is 3. The predicted molar refractivity (Wildman–Crippen MR) is 162 cm³/mol. The maximum Gasteiger partial charge on any atom is 0.258 e. The number of ether oxygens (including phenoxy) is 1. The standard InChI is InChI=1S/C32H35F3N6O2/c1-40-10-12-41(13-11-40)23-4-5-24(30(18-23)36-22-8-14-43-15-9-22)32(42)37-31-26-16-20(2-7-29(26)38-39-31)27(19-33)25-17-21(34)3-6-28(25)35/h2-7,16-18,22,27,36H,8-15,19H2,1H3,(H2,37,38,39,42). The summed E-state index contributed by atoms with van der Waals surface area (Å²) in [6.45, 7) is 4.14. The Bertz CT molecular complexity index is 1600. The van der Waals surface area contributed by atoms with Crippen molar-refractivity contribution < 1.29 is 22.7 Å². The minimum absolute atomic E-state index is 0.0693. The Morgan fingerprint density at radius 1 is 1.05 bits per heavy atom. The van der Waals surface area contributed by atoms with E-state index in [1.807, 2.05) is 18.2 Å². The summed E-state index contributed by atoms with van der Waals surface area (Å²) >= 11 is 0. The Morgan fingerprint density at radius 3 is 2.60 bits per heavy atom. The highest BCUT2D eigenvalue weighted by Crippen LogP contribution is 2.33. The Kier molecular flexibility index (Phi) is 8.53. The lowest BCUT2D eigenvalue weighted by molar-refractivity contribution is 0.0904. The molecule has 2 aliphatic heterocycles. The number of carbonyl (C=O) groups excluding carboxylic acids is 1. The molecule has 2 aliphatic rings. The van der Waals surface area contributed by atoms with Crippen LogP contribution in [0, 0.1) is 11.6 Å². The summed E-state index contributed by atoms with van der Waals surface area (Å²) in [5.74, 6) is -2.43. The van der Waals surface area contributed by atoms with Crippen molar-refractivity contribution in [1.29, 1.82) is 0 Å². The maximum atomic E-state index is 14.5. The van der Waals surface area contributed by atoms with Crippen molar-refractivity contribution in [3.05, 3.63) is 82.9 Å². The predicted octanol–water partition coefficient (Wildman–Crippen LogP) is 5.54. The first kappa shape index (κ1) is 29.0. The van der Waals surface area contributed by atoms with Gasteiger partial charge in [0.15, 0.2) is 5.82 Å². The normalized spacial score (nSPS) is 17.3. The Hall–Kier alpha value is -4.09. The molecular formula is C32H35F3N6O2. The van der Waals surface area contributed by atoms with Crippen LogP contribution in [-0.4, -0.2) is 80.2 Å². The smallest absolute Gasteiger partial charge is 0.258 e. The van der Waals surface area contributed by atoms with Crippen LogP contribution in [0.4, 0.5) is 30.4 Å². The van der Waals surface area contributed by atoms with E-state index in [2.05, 4.69) is 37.7 Å². The zero-order valence-electron chi connectivity index (χ0n) is 24.0. The quantitative estimate of drug-likeness (QED) is 0.249. The molecule has 6 rings (SSSR count). The monoisotopic (exact) mass is 592 g/mol. The molecule has 1 unspecified atom stereocenters. The number of hydrogen-bond acceptors (Lipinski definition) is 6. The van der Waals surface area contributed by atoms with E-state index in [1.54, 1.807) is 18.2 Å². The number of benzene rings is 3. The van der Waals surface area contributed by atoms with Gasteiger partial charge in [-0.25, -0.2) is 8.78 Å². The van der Waals surface area contributed by atoms with E-state index in [0.717, 1.165) is 68.6 Å². The van der Waals surface area contributed by atoms with Crippen molar-refractivity contribution in [2.75, 3.05) is 68.6 Å². The molecule has 1 amide bonds. The molecule has 4 aromatic rings. The lowest BCUT2D eigenvalue weighted by Crippen LogP contribution is -2.44. The van der Waals surface area contributed by atoms with Crippen molar-refractivity contribution in [3.8, 4) is 0 Å². The molecule has 0 radical (unpaired) electrons. The van der Waals surface area contributed by atoms with Gasteiger partial charge in [-0.15, -0.1) is 0 Å². The van der Waals surface area contributed by atoms with Crippen LogP contribution < -0.4 is 15.5 Å². The topological polar surface area (TPSA) is 85.5 Å². The summed E-state index contributed by atoms with van der Waals surface area (Å²) in [6.07, 6.45) is 1.68. The van der Waals surface area contributed by atoms with E-state index in [0.29, 0.717) is 35.2 Å². The van der Waals surface area contributed by atoms with Gasteiger partial charge in [0.05, 0.1) is 11.1 Å². The average Bonchev–Trinajstić information content (AvgIpc) is 3.42. The third-order valence-corrected chi connectivity index (χ3v) is 8.41. The van der Waals surface area contributed by atoms with Crippen LogP contribution in [0.25, 0.3) is 10.9 Å². The molecule has 8 nitrogen and oxygen atoms in total. The summed E-state index contributed by atoms with van der Waals surface area (Å²) in [5, 5.41) is 14.2. The van der Waals surface area contributed by atoms with Crippen LogP contribution in [-0.2, 0) is 4.74 Å². The first-order valence-corrected chi connectivity index (χ1v) is 14.6. The molecule has 0 saturated carbocycles. The van der Waals surface area contributed by atoms with Gasteiger partial charge in [-0.1, -0.05) is 6.07 Å². The van der Waals surface area contributed by atoms with E-state index in [-0.39, 0.29) is 23.3 Å². The number of likely N-dealkylation sites (N-methyl/N-ethyl adjacent to an activating group) is 1. The number of amides is 1. The highest BCUT2D eigenvalue weighted by atomic mass is 19.1. The molecular weight excluding hydrogens is 557 g/mol. The number of aromatic amines is 1. The Labute approximate surface area is 248 Å². The Morgan fingerprint density at radius 2 is 1.84 bits per heavy atom. The molecule has 3 heterocycles. The maximum absolute atomic E-state index is 14.5. The molecule has 1 atom stereocenters. The SMILES string of the molecule is CN1CCN(c2ccc(C(=O)Nc3n[nH]c4ccc(C(CF)c5cc(F)ccc5F)cc34)c(NC3CCOCC3)c2)CC1. The summed E-state index contributed by atoms with van der Waals surface area (Å²) in [5.41, 5.74) is 3.24. The molecule has 2 fully saturated rings. The summed E-state index contributed by atoms with van der Waals surface area (Å²) < 4.78 is 48.2. The van der Waals surface area contributed by atoms with Crippen LogP contribution >= 0.6 is 0 Å². The number of carbonyl (C=O) groups is 1. The minimum atomic E-state index is -1.02. The van der Waals surface area contributed by atoms with E-state index < -0.39 is 24.2 Å². The number of rotatable bonds is 8. The molecule has 3 aromatic carbocycles. The number of anilines is 3. The second-order valence-electron chi connectivity index (χ2n) is 11.3. The van der Waals surface area contributed by atoms with Gasteiger partial charge >= 0.3 is 0 Å². The van der Waals surface area contributed by atoms with Crippen LogP contribution in [0.3, 0.4) is 0 Å². The second kappa shape index (κ2) is 12.6. The fourth-order valence-corrected chi connectivity index (χ4v) is 5.82. The first-order valence-electron chi connectivity index (χ1n) is 14.6. The van der Waals surface area contributed by atoms with Crippen LogP contribution in [0.15, 0.2) is 54.6 Å². The summed E-state index contributed by atoms with van der Waals surface area (Å²) in [7, 11) is 2.11. The molecule has 0 aliphatic carbocycles. The van der Waals surface area contributed by atoms with Gasteiger partial charge in [-0.3, -0.25) is 14.3 Å². The third kappa shape index (κ3) is 6.33. The third-order valence-electron chi connectivity index (χ3n) is 8.41. The number of fused-ring (bicyclic) bond motifs is 1. The average molecular weight is 593 g/mol. The number of alkyl halides is 1. The van der Waals surface area contributed by atoms with Gasteiger partial charge in [0.25, 0.3) is 5.91 Å². The zero-order chi connectivity index (χ0) is 29.9. The minimum Gasteiger partial charge on any atom is -0.381 e. The fourth-order valence-electron chi connectivity index (χ4n) is 5.82. The van der Waals surface area contributed by atoms with E-state index in [4.69, 9.17) is 4.74 Å². The van der Waals surface area contributed by atoms with Crippen molar-refractivity contribution in [3.63, 3.8) is 0 Å². The van der Waals surface area contributed by atoms with Gasteiger partial charge < -0.3 is 25.2 Å². The first-order chi connectivity index (χ1) is 20.9. The summed E-state index contributed by atoms with van der Waals surface area (Å²) in [6, 6.07) is 14.0. The highest BCUT2D eigenvalue weighted by Gasteiger charge is 2.23. The van der Waals surface area contributed by atoms with Gasteiger partial charge in [0.2, 0.25) is 0 Å². The van der Waals surface area contributed by atoms with E-state index in [9.17, 15) is 18.0 Å². The molecule has 0 bridgehead atoms. The summed E-state index contributed by atoms with van der Waals surface area (Å²) in [4.78, 5) is 18.3. The lowest BCUT2D eigenvalue weighted by Gasteiger charge is -2.34. The highest BCUT2D eigenvalue weighted by molar-refractivity contribution is 6.11. The lowest BCUT2D eigenvalue weighted by atomic mass is 9.91. The largest absolute Gasteiger partial charge is 0.381 e. The molecule has 3 N–H and O–H groups in total. The number of nitrogens with zero attached hydrogens (tertiary/aromatic N) is 3. The van der Waals surface area contributed by atoms with Crippen LogP contribution in [0.5, 0.6) is 0 Å². The van der Waals surface area contributed by atoms with Crippen LogP contribution in [0.1, 0.15) is 40.2 Å². The van der Waals surface area contributed by atoms with E-state index in [1.165, 1.54) is 0 Å². The number of aromatic nitrogens is 2. The molecule has 226 valence electrons. The van der Waals surface area contributed by atoms with Gasteiger partial charge in [-0.2, -0.15) is 5.10 Å². The molecule has 11 heteroatoms. The van der Waals surface area contributed by atoms with Crippen molar-refractivity contribution >= 4 is 34.0 Å². The van der Waals surface area contributed by atoms with Crippen molar-refractivity contribution in [1.82, 2.24) is 15.1 Å². The number of H-pyrrole nitrogens is 1. The number of piperazine rings is 1. The Balaban J connectivity index is 1.29. The number of hydrogen-bond donors (Lipinski definition) is 3. The zero-order valence-corrected chi connectivity index (χ0v) is 24.0. The van der Waals surface area contributed by atoms with Crippen LogP contribution in [0.2, 0.25) is 0 Å². The van der Waals surface area contributed by atoms with Crippen molar-refractivity contribution in [2.24, 2.45) is 0 Å². The molecule has 1 aromatic heterocycles. The van der Waals surface area contributed by atoms with Gasteiger partial charge in [-0.05, 0) is 74.0 Å². The molecule has 43 heavy (non-hydrogen) atoms. The molecule has 2 saturated heterocycles. The van der Waals surface area contributed by atoms with E-state index >= 15 is 0 Å². The second-order valence-corrected chi connectivity index (χ2v) is 11.3. The van der Waals surface area contributed by atoms with Crippen molar-refractivity contribution in [2.45, 2.75) is 24.8 Å². The number of halogens is 3. The van der Waals surface area contributed by atoms with Gasteiger partial charge in [0, 0.05) is 73.7 Å². The molecule has 0 spiro atoms. The van der Waals surface area contributed by atoms with Gasteiger partial charge in [0.1, 0.15) is 18.3 Å².